The van der Waals surface area contributed by atoms with Gasteiger partial charge in [-0.25, -0.2) is 0 Å². The molecule has 0 unspecified atom stereocenters. The summed E-state index contributed by atoms with van der Waals surface area (Å²) in [6.07, 6.45) is 3.05. The van der Waals surface area contributed by atoms with Crippen molar-refractivity contribution in [3.05, 3.63) is 34.2 Å². The number of ether oxygens (including phenoxy) is 1. The Balaban J connectivity index is 3.57. The zero-order valence-electron chi connectivity index (χ0n) is 9.42. The molecule has 1 aromatic carbocycles. The molecule has 0 amide bonds. The molecule has 0 aliphatic rings. The highest BCUT2D eigenvalue weighted by molar-refractivity contribution is 5.40. The van der Waals surface area contributed by atoms with E-state index in [0.717, 1.165) is 12.2 Å². The van der Waals surface area contributed by atoms with Gasteiger partial charge in [-0.1, -0.05) is 36.8 Å². The molecule has 0 saturated heterocycles. The van der Waals surface area contributed by atoms with Crippen molar-refractivity contribution in [3.63, 3.8) is 0 Å². The van der Waals surface area contributed by atoms with Crippen molar-refractivity contribution in [2.24, 2.45) is 0 Å². The highest BCUT2D eigenvalue weighted by Crippen LogP contribution is 1.98. The van der Waals surface area contributed by atoms with Crippen molar-refractivity contribution in [1.29, 1.82) is 0 Å². The summed E-state index contributed by atoms with van der Waals surface area (Å²) in [5.74, 6) is 1.05. The Bertz CT molecular complexity index is 409. The predicted octanol–water partition coefficient (Wildman–Crippen LogP) is 1.96. The first-order chi connectivity index (χ1) is 6.72. The second kappa shape index (κ2) is 4.85. The zero-order chi connectivity index (χ0) is 10.6. The summed E-state index contributed by atoms with van der Waals surface area (Å²) in [4.78, 5) is 0. The van der Waals surface area contributed by atoms with Crippen LogP contribution in [0.15, 0.2) is 18.2 Å². The summed E-state index contributed by atoms with van der Waals surface area (Å²) >= 11 is 0. The van der Waals surface area contributed by atoms with Gasteiger partial charge in [-0.2, -0.15) is 0 Å². The summed E-state index contributed by atoms with van der Waals surface area (Å²) in [7, 11) is 1.73. The second-order valence-corrected chi connectivity index (χ2v) is 3.36. The Labute approximate surface area is 85.7 Å². The second-order valence-electron chi connectivity index (χ2n) is 3.36. The van der Waals surface area contributed by atoms with Crippen molar-refractivity contribution < 1.29 is 4.74 Å². The quantitative estimate of drug-likeness (QED) is 0.692. The third-order valence-electron chi connectivity index (χ3n) is 2.39. The zero-order valence-corrected chi connectivity index (χ0v) is 9.42. The van der Waals surface area contributed by atoms with Gasteiger partial charge in [-0.15, -0.1) is 0 Å². The van der Waals surface area contributed by atoms with Crippen LogP contribution in [0.1, 0.15) is 25.8 Å². The number of hydrogen-bond acceptors (Lipinski definition) is 1. The molecule has 1 rings (SSSR count). The Morgan fingerprint density at radius 3 is 2.64 bits per heavy atom. The lowest BCUT2D eigenvalue weighted by atomic mass is 10.1. The molecule has 0 aliphatic carbocycles. The molecule has 0 aromatic heterocycles. The lowest BCUT2D eigenvalue weighted by Gasteiger charge is -2.03. The molecule has 1 heteroatoms. The van der Waals surface area contributed by atoms with Crippen molar-refractivity contribution in [3.8, 4) is 0 Å². The van der Waals surface area contributed by atoms with E-state index in [-0.39, 0.29) is 0 Å². The van der Waals surface area contributed by atoms with E-state index in [0.29, 0.717) is 0 Å². The Morgan fingerprint density at radius 1 is 1.43 bits per heavy atom. The van der Waals surface area contributed by atoms with Crippen molar-refractivity contribution in [2.45, 2.75) is 27.2 Å². The maximum Gasteiger partial charge on any atom is 0.103 e. The first-order valence-corrected chi connectivity index (χ1v) is 5.03. The molecular formula is C13H18O. The fraction of sp³-hybridized carbons (Fsp3) is 0.385. The minimum absolute atomic E-state index is 0.931. The lowest BCUT2D eigenvalue weighted by Crippen LogP contribution is -2.27. The average Bonchev–Trinajstić information content (AvgIpc) is 2.21. The predicted molar refractivity (Wildman–Crippen MR) is 61.3 cm³/mol. The molecule has 0 heterocycles. The van der Waals surface area contributed by atoms with Crippen LogP contribution < -0.4 is 10.4 Å². The van der Waals surface area contributed by atoms with E-state index in [1.54, 1.807) is 7.11 Å². The van der Waals surface area contributed by atoms with Gasteiger partial charge >= 0.3 is 0 Å². The summed E-state index contributed by atoms with van der Waals surface area (Å²) in [6.45, 7) is 6.27. The number of rotatable bonds is 2. The van der Waals surface area contributed by atoms with Gasteiger partial charge in [0.05, 0.1) is 7.11 Å². The largest absolute Gasteiger partial charge is 0.500 e. The van der Waals surface area contributed by atoms with E-state index in [4.69, 9.17) is 4.74 Å². The van der Waals surface area contributed by atoms with Gasteiger partial charge in [-0.05, 0) is 19.1 Å². The van der Waals surface area contributed by atoms with E-state index < -0.39 is 0 Å². The number of aryl methyl sites for hydroxylation is 1. The van der Waals surface area contributed by atoms with E-state index in [2.05, 4.69) is 45.0 Å². The van der Waals surface area contributed by atoms with Crippen molar-refractivity contribution >= 4 is 11.8 Å². The number of methoxy groups -OCH3 is 1. The third-order valence-corrected chi connectivity index (χ3v) is 2.39. The molecule has 1 nitrogen and oxygen atoms in total. The fourth-order valence-electron chi connectivity index (χ4n) is 1.62. The topological polar surface area (TPSA) is 9.23 Å². The molecule has 14 heavy (non-hydrogen) atoms. The molecule has 0 bridgehead atoms. The van der Waals surface area contributed by atoms with E-state index in [9.17, 15) is 0 Å². The highest BCUT2D eigenvalue weighted by atomic mass is 16.5. The minimum Gasteiger partial charge on any atom is -0.500 e. The Hall–Kier alpha value is -1.24. The van der Waals surface area contributed by atoms with Crippen LogP contribution in [0.2, 0.25) is 0 Å². The van der Waals surface area contributed by atoms with E-state index in [1.165, 1.54) is 16.0 Å². The molecule has 0 saturated carbocycles. The molecule has 0 radical (unpaired) electrons. The summed E-state index contributed by atoms with van der Waals surface area (Å²) in [5.41, 5.74) is 1.29. The van der Waals surface area contributed by atoms with Crippen LogP contribution in [0.3, 0.4) is 0 Å². The maximum absolute atomic E-state index is 5.36. The number of hydrogen-bond donors (Lipinski definition) is 0. The maximum atomic E-state index is 5.36. The Kier molecular flexibility index (Phi) is 3.75. The van der Waals surface area contributed by atoms with Gasteiger partial charge in [0, 0.05) is 11.6 Å². The standard InChI is InChI=1S/C13H18O/c1-5-11-9-10(3)7-8-12(11)13(6-2)14-4/h5,7-9H,6H2,1-4H3/b11-5-,13-12+. The molecule has 76 valence electrons. The van der Waals surface area contributed by atoms with Crippen LogP contribution in [-0.2, 0) is 4.74 Å². The normalized spacial score (nSPS) is 14.1. The van der Waals surface area contributed by atoms with Crippen LogP contribution in [0.25, 0.3) is 11.8 Å². The fourth-order valence-corrected chi connectivity index (χ4v) is 1.62. The first-order valence-electron chi connectivity index (χ1n) is 5.03. The number of benzene rings is 1. The molecule has 0 fully saturated rings. The van der Waals surface area contributed by atoms with Gasteiger partial charge < -0.3 is 4.74 Å². The molecular weight excluding hydrogens is 172 g/mol. The lowest BCUT2D eigenvalue weighted by molar-refractivity contribution is 0.351. The van der Waals surface area contributed by atoms with Crippen LogP contribution >= 0.6 is 0 Å². The molecule has 0 atom stereocenters. The molecule has 0 spiro atoms. The first kappa shape index (κ1) is 10.8. The van der Waals surface area contributed by atoms with Crippen molar-refractivity contribution in [1.82, 2.24) is 0 Å². The van der Waals surface area contributed by atoms with Crippen LogP contribution in [-0.4, -0.2) is 7.11 Å². The summed E-state index contributed by atoms with van der Waals surface area (Å²) < 4.78 is 5.36. The van der Waals surface area contributed by atoms with Gasteiger partial charge in [0.1, 0.15) is 5.76 Å². The monoisotopic (exact) mass is 190 g/mol. The molecule has 0 N–H and O–H groups in total. The van der Waals surface area contributed by atoms with Crippen LogP contribution in [0.5, 0.6) is 0 Å². The van der Waals surface area contributed by atoms with Crippen LogP contribution in [0.4, 0.5) is 0 Å². The Morgan fingerprint density at radius 2 is 2.14 bits per heavy atom. The van der Waals surface area contributed by atoms with E-state index >= 15 is 0 Å². The summed E-state index contributed by atoms with van der Waals surface area (Å²) in [6, 6.07) is 6.44. The van der Waals surface area contributed by atoms with Gasteiger partial charge in [-0.3, -0.25) is 0 Å². The van der Waals surface area contributed by atoms with Crippen molar-refractivity contribution in [2.75, 3.05) is 7.11 Å². The van der Waals surface area contributed by atoms with Gasteiger partial charge in [0.25, 0.3) is 0 Å². The molecule has 0 aliphatic heterocycles. The minimum atomic E-state index is 0.931. The average molecular weight is 190 g/mol. The SMILES string of the molecule is C/C=c1/cc(C)cc/c1=C(/CC)OC. The highest BCUT2D eigenvalue weighted by Gasteiger charge is 1.95. The van der Waals surface area contributed by atoms with Gasteiger partial charge in [0.2, 0.25) is 0 Å². The molecule has 1 aromatic rings. The van der Waals surface area contributed by atoms with E-state index in [1.807, 2.05) is 0 Å². The summed E-state index contributed by atoms with van der Waals surface area (Å²) in [5, 5.41) is 2.46. The van der Waals surface area contributed by atoms with Gasteiger partial charge in [0.15, 0.2) is 0 Å². The third kappa shape index (κ3) is 2.16. The smallest absolute Gasteiger partial charge is 0.103 e. The van der Waals surface area contributed by atoms with Crippen LogP contribution in [0, 0.1) is 6.92 Å².